The summed E-state index contributed by atoms with van der Waals surface area (Å²) in [7, 11) is 0. The lowest BCUT2D eigenvalue weighted by Gasteiger charge is -2.56. The van der Waals surface area contributed by atoms with E-state index in [1.165, 1.54) is 19.3 Å². The number of allylic oxidation sites excluding steroid dienone is 3. The Kier molecular flexibility index (Phi) is 3.89. The maximum atomic E-state index is 13.5. The van der Waals surface area contributed by atoms with E-state index in [4.69, 9.17) is 11.6 Å². The van der Waals surface area contributed by atoms with E-state index in [2.05, 4.69) is 15.5 Å². The van der Waals surface area contributed by atoms with Crippen molar-refractivity contribution in [2.75, 3.05) is 0 Å². The molecule has 2 aliphatic heterocycles. The molecule has 1 aromatic carbocycles. The average molecular weight is 408 g/mol. The summed E-state index contributed by atoms with van der Waals surface area (Å²) in [6.45, 7) is 0. The maximum absolute atomic E-state index is 13.5. The highest BCUT2D eigenvalue weighted by Gasteiger charge is 2.52. The summed E-state index contributed by atoms with van der Waals surface area (Å²) in [4.78, 5) is 15.6. The van der Waals surface area contributed by atoms with Crippen molar-refractivity contribution in [1.82, 2.24) is 15.5 Å². The Bertz CT molecular complexity index is 927. The van der Waals surface area contributed by atoms with Crippen LogP contribution in [0.2, 0.25) is 5.02 Å². The predicted octanol–water partition coefficient (Wildman–Crippen LogP) is 4.62. The molecule has 1 atom stereocenters. The van der Waals surface area contributed by atoms with Crippen molar-refractivity contribution in [2.45, 2.75) is 50.2 Å². The second-order valence-corrected chi connectivity index (χ2v) is 10.1. The summed E-state index contributed by atoms with van der Waals surface area (Å²) < 4.78 is 0. The van der Waals surface area contributed by atoms with Crippen LogP contribution in [0.4, 0.5) is 0 Å². The fourth-order valence-corrected chi connectivity index (χ4v) is 7.04. The lowest BCUT2D eigenvalue weighted by Crippen LogP contribution is -2.60. The van der Waals surface area contributed by atoms with E-state index in [0.717, 1.165) is 48.3 Å². The summed E-state index contributed by atoms with van der Waals surface area (Å²) in [5, 5.41) is 7.71. The largest absolute Gasteiger partial charge is 0.355 e. The molecule has 1 aromatic rings. The smallest absolute Gasteiger partial charge is 0.270 e. The van der Waals surface area contributed by atoms with Gasteiger partial charge in [0.05, 0.1) is 5.70 Å². The minimum absolute atomic E-state index is 0.00820. The molecule has 4 saturated carbocycles. The Morgan fingerprint density at radius 2 is 1.83 bits per heavy atom. The molecule has 1 unspecified atom stereocenters. The molecule has 7 rings (SSSR count). The molecule has 0 saturated heterocycles. The quantitative estimate of drug-likeness (QED) is 0.768. The summed E-state index contributed by atoms with van der Waals surface area (Å²) >= 11 is 6.23. The molecule has 1 amide bonds. The van der Waals surface area contributed by atoms with Gasteiger partial charge < -0.3 is 15.5 Å². The SMILES string of the molecule is O=C(NC12CC3CC(CC(C3)C1)C2)C1=C2C=CC=CN2C(c2cccc(Cl)c2)N1. The van der Waals surface area contributed by atoms with Gasteiger partial charge in [0.15, 0.2) is 0 Å². The van der Waals surface area contributed by atoms with Gasteiger partial charge in [0.25, 0.3) is 5.91 Å². The molecule has 2 heterocycles. The summed E-state index contributed by atoms with van der Waals surface area (Å²) in [5.74, 6) is 2.47. The number of halogens is 1. The summed E-state index contributed by atoms with van der Waals surface area (Å²) in [5.41, 5.74) is 2.66. The molecule has 4 nitrogen and oxygen atoms in total. The van der Waals surface area contributed by atoms with Crippen molar-refractivity contribution in [3.63, 3.8) is 0 Å². The lowest BCUT2D eigenvalue weighted by molar-refractivity contribution is -0.123. The van der Waals surface area contributed by atoms with Crippen LogP contribution < -0.4 is 10.6 Å². The third-order valence-electron chi connectivity index (χ3n) is 7.51. The fourth-order valence-electron chi connectivity index (χ4n) is 6.84. The van der Waals surface area contributed by atoms with E-state index in [-0.39, 0.29) is 17.6 Å². The van der Waals surface area contributed by atoms with Crippen LogP contribution >= 0.6 is 11.6 Å². The van der Waals surface area contributed by atoms with Gasteiger partial charge in [0.1, 0.15) is 11.9 Å². The van der Waals surface area contributed by atoms with Crippen LogP contribution in [-0.4, -0.2) is 16.3 Å². The van der Waals surface area contributed by atoms with Crippen LogP contribution in [-0.2, 0) is 4.79 Å². The number of rotatable bonds is 3. The summed E-state index contributed by atoms with van der Waals surface area (Å²) in [6, 6.07) is 7.84. The zero-order chi connectivity index (χ0) is 19.6. The first-order chi connectivity index (χ1) is 14.1. The topological polar surface area (TPSA) is 44.4 Å². The summed E-state index contributed by atoms with van der Waals surface area (Å²) in [6.07, 6.45) is 15.5. The first kappa shape index (κ1) is 17.6. The molecular formula is C24H26ClN3O. The minimum Gasteiger partial charge on any atom is -0.355 e. The zero-order valence-corrected chi connectivity index (χ0v) is 17.2. The number of amides is 1. The van der Waals surface area contributed by atoms with Crippen molar-refractivity contribution in [1.29, 1.82) is 0 Å². The van der Waals surface area contributed by atoms with Crippen LogP contribution in [0, 0.1) is 17.8 Å². The van der Waals surface area contributed by atoms with Crippen molar-refractivity contribution >= 4 is 17.5 Å². The van der Waals surface area contributed by atoms with E-state index >= 15 is 0 Å². The van der Waals surface area contributed by atoms with Gasteiger partial charge in [0, 0.05) is 16.8 Å². The molecular weight excluding hydrogens is 382 g/mol. The van der Waals surface area contributed by atoms with Crippen molar-refractivity contribution in [2.24, 2.45) is 17.8 Å². The number of carbonyl (C=O) groups is 1. The van der Waals surface area contributed by atoms with E-state index in [1.54, 1.807) is 0 Å². The van der Waals surface area contributed by atoms with E-state index in [0.29, 0.717) is 10.7 Å². The van der Waals surface area contributed by atoms with Crippen LogP contribution in [0.15, 0.2) is 60.1 Å². The van der Waals surface area contributed by atoms with E-state index in [1.807, 2.05) is 48.7 Å². The lowest BCUT2D eigenvalue weighted by atomic mass is 9.53. The molecule has 4 bridgehead atoms. The number of hydrogen-bond donors (Lipinski definition) is 2. The monoisotopic (exact) mass is 407 g/mol. The highest BCUT2D eigenvalue weighted by atomic mass is 35.5. The molecule has 6 aliphatic rings. The van der Waals surface area contributed by atoms with Gasteiger partial charge in [0.2, 0.25) is 0 Å². The highest BCUT2D eigenvalue weighted by molar-refractivity contribution is 6.30. The number of nitrogens with zero attached hydrogens (tertiary/aromatic N) is 1. The molecule has 0 aromatic heterocycles. The van der Waals surface area contributed by atoms with Gasteiger partial charge in [-0.05, 0) is 86.1 Å². The number of nitrogens with one attached hydrogen (secondary N) is 2. The minimum atomic E-state index is -0.123. The number of benzene rings is 1. The molecule has 29 heavy (non-hydrogen) atoms. The average Bonchev–Trinajstić information content (AvgIpc) is 3.06. The van der Waals surface area contributed by atoms with E-state index in [9.17, 15) is 4.79 Å². The Balaban J connectivity index is 1.28. The maximum Gasteiger partial charge on any atom is 0.270 e. The van der Waals surface area contributed by atoms with Crippen LogP contribution in [0.1, 0.15) is 50.3 Å². The zero-order valence-electron chi connectivity index (χ0n) is 16.4. The number of fused-ring (bicyclic) bond motifs is 1. The van der Waals surface area contributed by atoms with Crippen LogP contribution in [0.5, 0.6) is 0 Å². The Morgan fingerprint density at radius 1 is 1.10 bits per heavy atom. The normalized spacial score (nSPS) is 36.4. The third kappa shape index (κ3) is 2.92. The number of hydrogen-bond acceptors (Lipinski definition) is 3. The predicted molar refractivity (Wildman–Crippen MR) is 114 cm³/mol. The molecule has 4 fully saturated rings. The third-order valence-corrected chi connectivity index (χ3v) is 7.75. The fraction of sp³-hybridized carbons (Fsp3) is 0.458. The highest BCUT2D eigenvalue weighted by Crippen LogP contribution is 2.55. The van der Waals surface area contributed by atoms with Gasteiger partial charge in [-0.3, -0.25) is 4.79 Å². The molecule has 0 radical (unpaired) electrons. The Hall–Kier alpha value is -2.20. The second-order valence-electron chi connectivity index (χ2n) is 9.62. The first-order valence-corrected chi connectivity index (χ1v) is 11.2. The molecule has 4 aliphatic carbocycles. The Labute approximate surface area is 176 Å². The standard InChI is InChI=1S/C24H26ClN3O/c25-19-5-3-4-18(11-19)22-26-21(20-6-1-2-7-28(20)22)23(29)27-24-12-15-8-16(13-24)10-17(9-15)14-24/h1-7,11,15-17,22,26H,8-10,12-14H2,(H,27,29). The molecule has 5 heteroatoms. The van der Waals surface area contributed by atoms with Gasteiger partial charge in [-0.25, -0.2) is 0 Å². The van der Waals surface area contributed by atoms with Gasteiger partial charge in [-0.2, -0.15) is 0 Å². The van der Waals surface area contributed by atoms with Crippen molar-refractivity contribution in [3.8, 4) is 0 Å². The molecule has 0 spiro atoms. The van der Waals surface area contributed by atoms with Gasteiger partial charge >= 0.3 is 0 Å². The van der Waals surface area contributed by atoms with Gasteiger partial charge in [-0.15, -0.1) is 0 Å². The van der Waals surface area contributed by atoms with Crippen molar-refractivity contribution < 1.29 is 4.79 Å². The molecule has 150 valence electrons. The first-order valence-electron chi connectivity index (χ1n) is 10.8. The second kappa shape index (κ2) is 6.40. The molecule has 2 N–H and O–H groups in total. The van der Waals surface area contributed by atoms with Crippen molar-refractivity contribution in [3.05, 3.63) is 70.7 Å². The van der Waals surface area contributed by atoms with Crippen LogP contribution in [0.3, 0.4) is 0 Å². The van der Waals surface area contributed by atoms with E-state index < -0.39 is 0 Å². The van der Waals surface area contributed by atoms with Gasteiger partial charge in [-0.1, -0.05) is 29.8 Å². The Morgan fingerprint density at radius 3 is 2.52 bits per heavy atom. The number of carbonyl (C=O) groups excluding carboxylic acids is 1. The van der Waals surface area contributed by atoms with Crippen LogP contribution in [0.25, 0.3) is 0 Å².